The molecule has 0 amide bonds. The maximum absolute atomic E-state index is 5.30. The third-order valence-corrected chi connectivity index (χ3v) is 3.36. The Morgan fingerprint density at radius 2 is 2.19 bits per heavy atom. The van der Waals surface area contributed by atoms with Crippen LogP contribution in [0.2, 0.25) is 0 Å². The lowest BCUT2D eigenvalue weighted by Crippen LogP contribution is -2.51. The van der Waals surface area contributed by atoms with Gasteiger partial charge in [0.1, 0.15) is 0 Å². The van der Waals surface area contributed by atoms with Crippen LogP contribution in [0.1, 0.15) is 27.2 Å². The highest BCUT2D eigenvalue weighted by atomic mass is 32.1. The van der Waals surface area contributed by atoms with Crippen molar-refractivity contribution in [1.29, 1.82) is 0 Å². The zero-order valence-corrected chi connectivity index (χ0v) is 11.7. The molecular formula is C12H25N3S. The molecule has 2 unspecified atom stereocenters. The van der Waals surface area contributed by atoms with Crippen molar-refractivity contribution in [2.75, 3.05) is 26.7 Å². The minimum atomic E-state index is 0.531. The van der Waals surface area contributed by atoms with Crippen LogP contribution in [0.3, 0.4) is 0 Å². The fourth-order valence-electron chi connectivity index (χ4n) is 2.08. The third kappa shape index (κ3) is 4.66. The Bertz CT molecular complexity index is 230. The average molecular weight is 243 g/mol. The van der Waals surface area contributed by atoms with Crippen LogP contribution in [0.5, 0.6) is 0 Å². The summed E-state index contributed by atoms with van der Waals surface area (Å²) in [5.74, 6) is 1.30. The van der Waals surface area contributed by atoms with E-state index in [1.165, 1.54) is 6.42 Å². The Labute approximate surface area is 105 Å². The van der Waals surface area contributed by atoms with Crippen molar-refractivity contribution in [3.05, 3.63) is 0 Å². The molecule has 0 aliphatic carbocycles. The van der Waals surface area contributed by atoms with Gasteiger partial charge in [0.15, 0.2) is 5.11 Å². The molecule has 0 bridgehead atoms. The molecule has 4 heteroatoms. The molecular weight excluding hydrogens is 218 g/mol. The van der Waals surface area contributed by atoms with E-state index in [1.54, 1.807) is 0 Å². The molecule has 0 aromatic carbocycles. The van der Waals surface area contributed by atoms with E-state index in [4.69, 9.17) is 12.2 Å². The van der Waals surface area contributed by atoms with E-state index in [0.29, 0.717) is 17.9 Å². The molecule has 0 aromatic rings. The molecule has 16 heavy (non-hydrogen) atoms. The van der Waals surface area contributed by atoms with Crippen molar-refractivity contribution < 1.29 is 0 Å². The minimum Gasteiger partial charge on any atom is -0.362 e. The second-order valence-corrected chi connectivity index (χ2v) is 5.79. The Kier molecular flexibility index (Phi) is 5.49. The largest absolute Gasteiger partial charge is 0.362 e. The summed E-state index contributed by atoms with van der Waals surface area (Å²) in [4.78, 5) is 2.38. The average Bonchev–Trinajstić information content (AvgIpc) is 2.19. The molecule has 1 fully saturated rings. The predicted octanol–water partition coefficient (Wildman–Crippen LogP) is 1.45. The number of thiocarbonyl (C=S) groups is 1. The van der Waals surface area contributed by atoms with Gasteiger partial charge in [-0.2, -0.15) is 0 Å². The molecule has 2 N–H and O–H groups in total. The van der Waals surface area contributed by atoms with Gasteiger partial charge in [0.05, 0.1) is 0 Å². The number of hydrogen-bond donors (Lipinski definition) is 2. The van der Waals surface area contributed by atoms with Gasteiger partial charge < -0.3 is 15.5 Å². The first kappa shape index (κ1) is 13.7. The SMILES string of the molecule is CC(C)CNC(=S)NC1CCN(C)CC1C. The van der Waals surface area contributed by atoms with Gasteiger partial charge >= 0.3 is 0 Å². The number of piperidine rings is 1. The van der Waals surface area contributed by atoms with Gasteiger partial charge in [-0.15, -0.1) is 0 Å². The van der Waals surface area contributed by atoms with Gasteiger partial charge in [-0.05, 0) is 44.1 Å². The smallest absolute Gasteiger partial charge is 0.166 e. The quantitative estimate of drug-likeness (QED) is 0.734. The van der Waals surface area contributed by atoms with Crippen molar-refractivity contribution in [2.24, 2.45) is 11.8 Å². The molecule has 0 radical (unpaired) electrons. The van der Waals surface area contributed by atoms with Crippen molar-refractivity contribution in [3.63, 3.8) is 0 Å². The fraction of sp³-hybridized carbons (Fsp3) is 0.917. The highest BCUT2D eigenvalue weighted by molar-refractivity contribution is 7.80. The van der Waals surface area contributed by atoms with Gasteiger partial charge in [-0.25, -0.2) is 0 Å². The molecule has 1 rings (SSSR count). The normalized spacial score (nSPS) is 26.8. The van der Waals surface area contributed by atoms with Crippen LogP contribution in [-0.4, -0.2) is 42.7 Å². The van der Waals surface area contributed by atoms with Crippen molar-refractivity contribution in [1.82, 2.24) is 15.5 Å². The summed E-state index contributed by atoms with van der Waals surface area (Å²) in [7, 11) is 2.18. The Morgan fingerprint density at radius 3 is 2.75 bits per heavy atom. The maximum Gasteiger partial charge on any atom is 0.166 e. The summed E-state index contributed by atoms with van der Waals surface area (Å²) >= 11 is 5.30. The first-order valence-corrected chi connectivity index (χ1v) is 6.62. The molecule has 94 valence electrons. The molecule has 1 aliphatic heterocycles. The van der Waals surface area contributed by atoms with E-state index < -0.39 is 0 Å². The van der Waals surface area contributed by atoms with Crippen LogP contribution in [0.25, 0.3) is 0 Å². The first-order valence-electron chi connectivity index (χ1n) is 6.22. The van der Waals surface area contributed by atoms with Gasteiger partial charge in [0.2, 0.25) is 0 Å². The lowest BCUT2D eigenvalue weighted by atomic mass is 9.94. The van der Waals surface area contributed by atoms with Crippen LogP contribution >= 0.6 is 12.2 Å². The maximum atomic E-state index is 5.30. The number of rotatable bonds is 3. The highest BCUT2D eigenvalue weighted by Crippen LogP contribution is 2.15. The summed E-state index contributed by atoms with van der Waals surface area (Å²) in [5.41, 5.74) is 0. The molecule has 0 saturated carbocycles. The lowest BCUT2D eigenvalue weighted by Gasteiger charge is -2.35. The van der Waals surface area contributed by atoms with Crippen molar-refractivity contribution in [2.45, 2.75) is 33.2 Å². The number of nitrogens with one attached hydrogen (secondary N) is 2. The Hall–Kier alpha value is -0.350. The van der Waals surface area contributed by atoms with E-state index in [9.17, 15) is 0 Å². The summed E-state index contributed by atoms with van der Waals surface area (Å²) in [5, 5.41) is 7.52. The van der Waals surface area contributed by atoms with Gasteiger partial charge in [0.25, 0.3) is 0 Å². The minimum absolute atomic E-state index is 0.531. The Balaban J connectivity index is 2.28. The lowest BCUT2D eigenvalue weighted by molar-refractivity contribution is 0.187. The van der Waals surface area contributed by atoms with Crippen LogP contribution in [0.15, 0.2) is 0 Å². The monoisotopic (exact) mass is 243 g/mol. The topological polar surface area (TPSA) is 27.3 Å². The molecule has 1 heterocycles. The summed E-state index contributed by atoms with van der Waals surface area (Å²) < 4.78 is 0. The Morgan fingerprint density at radius 1 is 1.50 bits per heavy atom. The van der Waals surface area contributed by atoms with E-state index in [1.807, 2.05) is 0 Å². The van der Waals surface area contributed by atoms with Gasteiger partial charge in [-0.1, -0.05) is 20.8 Å². The second-order valence-electron chi connectivity index (χ2n) is 5.38. The zero-order valence-electron chi connectivity index (χ0n) is 10.9. The molecule has 0 spiro atoms. The van der Waals surface area contributed by atoms with E-state index >= 15 is 0 Å². The summed E-state index contributed by atoms with van der Waals surface area (Å²) in [6.45, 7) is 9.94. The number of nitrogens with zero attached hydrogens (tertiary/aromatic N) is 1. The molecule has 0 aromatic heterocycles. The van der Waals surface area contributed by atoms with Gasteiger partial charge in [-0.3, -0.25) is 0 Å². The van der Waals surface area contributed by atoms with E-state index in [2.05, 4.69) is 43.4 Å². The molecule has 1 saturated heterocycles. The highest BCUT2D eigenvalue weighted by Gasteiger charge is 2.24. The van der Waals surface area contributed by atoms with E-state index in [-0.39, 0.29) is 0 Å². The van der Waals surface area contributed by atoms with Gasteiger partial charge in [0, 0.05) is 19.1 Å². The van der Waals surface area contributed by atoms with Crippen LogP contribution in [-0.2, 0) is 0 Å². The first-order chi connectivity index (χ1) is 7.49. The van der Waals surface area contributed by atoms with Crippen LogP contribution in [0.4, 0.5) is 0 Å². The summed E-state index contributed by atoms with van der Waals surface area (Å²) in [6, 6.07) is 0.531. The summed E-state index contributed by atoms with van der Waals surface area (Å²) in [6.07, 6.45) is 1.18. The molecule has 1 aliphatic rings. The van der Waals surface area contributed by atoms with Crippen LogP contribution < -0.4 is 10.6 Å². The van der Waals surface area contributed by atoms with E-state index in [0.717, 1.165) is 24.7 Å². The second kappa shape index (κ2) is 6.40. The third-order valence-electron chi connectivity index (χ3n) is 3.10. The molecule has 2 atom stereocenters. The predicted molar refractivity (Wildman–Crippen MR) is 73.6 cm³/mol. The molecule has 3 nitrogen and oxygen atoms in total. The van der Waals surface area contributed by atoms with Crippen molar-refractivity contribution in [3.8, 4) is 0 Å². The number of likely N-dealkylation sites (tertiary alicyclic amines) is 1. The standard InChI is InChI=1S/C12H25N3S/c1-9(2)7-13-12(16)14-11-5-6-15(4)8-10(11)3/h9-11H,5-8H2,1-4H3,(H2,13,14,16). The zero-order chi connectivity index (χ0) is 12.1. The van der Waals surface area contributed by atoms with Crippen LogP contribution in [0, 0.1) is 11.8 Å². The van der Waals surface area contributed by atoms with Crippen molar-refractivity contribution >= 4 is 17.3 Å². The fourth-order valence-corrected chi connectivity index (χ4v) is 2.32. The number of hydrogen-bond acceptors (Lipinski definition) is 2.